The van der Waals surface area contributed by atoms with Crippen molar-refractivity contribution in [3.8, 4) is 34.1 Å². The van der Waals surface area contributed by atoms with E-state index in [-0.39, 0.29) is 0 Å². The lowest BCUT2D eigenvalue weighted by Crippen LogP contribution is -1.99. The Morgan fingerprint density at radius 3 is 2.50 bits per heavy atom. The fraction of sp³-hybridized carbons (Fsp3) is 0.261. The Labute approximate surface area is 179 Å². The van der Waals surface area contributed by atoms with E-state index in [1.165, 1.54) is 0 Å². The second-order valence-corrected chi connectivity index (χ2v) is 7.73. The first kappa shape index (κ1) is 20.1. The third-order valence-electron chi connectivity index (χ3n) is 4.47. The van der Waals surface area contributed by atoms with Gasteiger partial charge in [0.05, 0.1) is 30.3 Å². The molecule has 0 N–H and O–H groups in total. The van der Waals surface area contributed by atoms with Crippen LogP contribution in [0, 0.1) is 6.92 Å². The van der Waals surface area contributed by atoms with Crippen LogP contribution in [0.25, 0.3) is 22.6 Å². The van der Waals surface area contributed by atoms with Crippen molar-refractivity contribution in [3.05, 3.63) is 64.3 Å². The van der Waals surface area contributed by atoms with Crippen LogP contribution >= 0.6 is 11.3 Å². The third kappa shape index (κ3) is 4.52. The Bertz CT molecular complexity index is 1140. The first-order chi connectivity index (χ1) is 14.7. The van der Waals surface area contributed by atoms with Gasteiger partial charge >= 0.3 is 0 Å². The van der Waals surface area contributed by atoms with Crippen LogP contribution in [-0.2, 0) is 6.42 Å². The molecule has 2 aromatic carbocycles. The summed E-state index contributed by atoms with van der Waals surface area (Å²) < 4.78 is 16.8. The predicted octanol–water partition coefficient (Wildman–Crippen LogP) is 5.56. The zero-order valence-corrected chi connectivity index (χ0v) is 18.0. The number of rotatable bonds is 8. The van der Waals surface area contributed by atoms with Crippen LogP contribution in [-0.4, -0.2) is 28.3 Å². The molecule has 0 aliphatic rings. The van der Waals surface area contributed by atoms with Crippen LogP contribution in [0.1, 0.15) is 30.3 Å². The minimum absolute atomic E-state index is 0.518. The lowest BCUT2D eigenvalue weighted by molar-refractivity contribution is 0.287. The van der Waals surface area contributed by atoms with Crippen LogP contribution in [0.15, 0.2) is 52.4 Å². The Hall–Kier alpha value is -3.19. The van der Waals surface area contributed by atoms with Crippen molar-refractivity contribution in [1.29, 1.82) is 0 Å². The van der Waals surface area contributed by atoms with Gasteiger partial charge in [-0.2, -0.15) is 4.98 Å². The third-order valence-corrected chi connectivity index (χ3v) is 5.24. The average Bonchev–Trinajstić information content (AvgIpc) is 3.40. The molecule has 0 radical (unpaired) electrons. The van der Waals surface area contributed by atoms with Gasteiger partial charge in [0.15, 0.2) is 11.5 Å². The molecule has 4 aromatic rings. The topological polar surface area (TPSA) is 70.3 Å². The molecule has 0 amide bonds. The van der Waals surface area contributed by atoms with Crippen LogP contribution < -0.4 is 9.47 Å². The van der Waals surface area contributed by atoms with Gasteiger partial charge in [-0.3, -0.25) is 0 Å². The van der Waals surface area contributed by atoms with Crippen molar-refractivity contribution in [1.82, 2.24) is 15.1 Å². The van der Waals surface area contributed by atoms with E-state index in [0.29, 0.717) is 31.3 Å². The van der Waals surface area contributed by atoms with Gasteiger partial charge in [0.1, 0.15) is 0 Å². The largest absolute Gasteiger partial charge is 0.490 e. The van der Waals surface area contributed by atoms with Gasteiger partial charge in [-0.15, -0.1) is 11.3 Å². The maximum Gasteiger partial charge on any atom is 0.231 e. The Kier molecular flexibility index (Phi) is 6.09. The van der Waals surface area contributed by atoms with Crippen molar-refractivity contribution in [2.24, 2.45) is 0 Å². The summed E-state index contributed by atoms with van der Waals surface area (Å²) in [7, 11) is 0. The number of benzene rings is 2. The lowest BCUT2D eigenvalue weighted by atomic mass is 10.1. The Morgan fingerprint density at radius 2 is 1.73 bits per heavy atom. The number of thiazole rings is 1. The van der Waals surface area contributed by atoms with Gasteiger partial charge in [-0.1, -0.05) is 29.4 Å². The van der Waals surface area contributed by atoms with Gasteiger partial charge in [0, 0.05) is 16.5 Å². The molecule has 0 unspecified atom stereocenters. The highest BCUT2D eigenvalue weighted by Crippen LogP contribution is 2.30. The molecule has 0 spiro atoms. The summed E-state index contributed by atoms with van der Waals surface area (Å²) in [6.45, 7) is 7.07. The molecular formula is C23H23N3O3S. The SMILES string of the molecule is CCOc1ccc(Cc2nc(-c3cccc(-c4csc(C)n4)c3)no2)cc1OCC. The highest BCUT2D eigenvalue weighted by Gasteiger charge is 2.13. The molecule has 0 bridgehead atoms. The van der Waals surface area contributed by atoms with Gasteiger partial charge in [0.25, 0.3) is 0 Å². The molecule has 4 rings (SSSR count). The number of nitrogens with zero attached hydrogens (tertiary/aromatic N) is 3. The van der Waals surface area contributed by atoms with Crippen LogP contribution in [0.3, 0.4) is 0 Å². The quantitative estimate of drug-likeness (QED) is 0.371. The Balaban J connectivity index is 1.54. The molecule has 7 heteroatoms. The van der Waals surface area contributed by atoms with Crippen LogP contribution in [0.4, 0.5) is 0 Å². The summed E-state index contributed by atoms with van der Waals surface area (Å²) in [6.07, 6.45) is 0.518. The van der Waals surface area contributed by atoms with Gasteiger partial charge in [0.2, 0.25) is 11.7 Å². The number of aryl methyl sites for hydroxylation is 1. The maximum absolute atomic E-state index is 5.70. The highest BCUT2D eigenvalue weighted by molar-refractivity contribution is 7.09. The normalized spacial score (nSPS) is 10.9. The fourth-order valence-corrected chi connectivity index (χ4v) is 3.76. The molecule has 0 aliphatic heterocycles. The van der Waals surface area contributed by atoms with E-state index in [4.69, 9.17) is 14.0 Å². The highest BCUT2D eigenvalue weighted by atomic mass is 32.1. The van der Waals surface area contributed by atoms with E-state index in [2.05, 4.69) is 20.5 Å². The summed E-state index contributed by atoms with van der Waals surface area (Å²) in [5, 5.41) is 7.26. The van der Waals surface area contributed by atoms with E-state index in [0.717, 1.165) is 38.9 Å². The van der Waals surface area contributed by atoms with E-state index >= 15 is 0 Å². The van der Waals surface area contributed by atoms with Crippen molar-refractivity contribution < 1.29 is 14.0 Å². The minimum atomic E-state index is 0.518. The number of hydrogen-bond acceptors (Lipinski definition) is 7. The monoisotopic (exact) mass is 421 g/mol. The minimum Gasteiger partial charge on any atom is -0.490 e. The molecule has 0 saturated heterocycles. The maximum atomic E-state index is 5.70. The fourth-order valence-electron chi connectivity index (χ4n) is 3.14. The average molecular weight is 422 g/mol. The molecule has 2 aromatic heterocycles. The summed E-state index contributed by atoms with van der Waals surface area (Å²) in [5.74, 6) is 2.58. The number of aromatic nitrogens is 3. The second kappa shape index (κ2) is 9.09. The van der Waals surface area contributed by atoms with Crippen LogP contribution in [0.5, 0.6) is 11.5 Å². The molecule has 154 valence electrons. The first-order valence-electron chi connectivity index (χ1n) is 9.90. The number of hydrogen-bond donors (Lipinski definition) is 0. The molecule has 0 saturated carbocycles. The zero-order valence-electron chi connectivity index (χ0n) is 17.2. The van der Waals surface area contributed by atoms with Crippen molar-refractivity contribution in [2.45, 2.75) is 27.2 Å². The molecule has 0 fully saturated rings. The zero-order chi connectivity index (χ0) is 20.9. The first-order valence-corrected chi connectivity index (χ1v) is 10.8. The molecule has 6 nitrogen and oxygen atoms in total. The molecule has 2 heterocycles. The summed E-state index contributed by atoms with van der Waals surface area (Å²) in [6, 6.07) is 13.9. The lowest BCUT2D eigenvalue weighted by Gasteiger charge is -2.11. The Morgan fingerprint density at radius 1 is 0.933 bits per heavy atom. The number of ether oxygens (including phenoxy) is 2. The second-order valence-electron chi connectivity index (χ2n) is 6.67. The summed E-state index contributed by atoms with van der Waals surface area (Å²) >= 11 is 1.63. The van der Waals surface area contributed by atoms with E-state index < -0.39 is 0 Å². The van der Waals surface area contributed by atoms with Crippen molar-refractivity contribution >= 4 is 11.3 Å². The smallest absolute Gasteiger partial charge is 0.231 e. The molecule has 30 heavy (non-hydrogen) atoms. The van der Waals surface area contributed by atoms with Crippen LogP contribution in [0.2, 0.25) is 0 Å². The summed E-state index contributed by atoms with van der Waals surface area (Å²) in [4.78, 5) is 9.14. The van der Waals surface area contributed by atoms with E-state index in [1.807, 2.05) is 63.2 Å². The van der Waals surface area contributed by atoms with Gasteiger partial charge in [-0.05, 0) is 44.5 Å². The van der Waals surface area contributed by atoms with Crippen molar-refractivity contribution in [3.63, 3.8) is 0 Å². The molecule has 0 aliphatic carbocycles. The van der Waals surface area contributed by atoms with E-state index in [1.54, 1.807) is 11.3 Å². The molecular weight excluding hydrogens is 398 g/mol. The van der Waals surface area contributed by atoms with Gasteiger partial charge in [-0.25, -0.2) is 4.98 Å². The predicted molar refractivity (Wildman–Crippen MR) is 117 cm³/mol. The van der Waals surface area contributed by atoms with Crippen molar-refractivity contribution in [2.75, 3.05) is 13.2 Å². The summed E-state index contributed by atoms with van der Waals surface area (Å²) in [5.41, 5.74) is 3.91. The van der Waals surface area contributed by atoms with E-state index in [9.17, 15) is 0 Å². The molecule has 0 atom stereocenters. The standard InChI is InChI=1S/C23H23N3O3S/c1-4-27-20-10-9-16(11-21(20)28-5-2)12-22-25-23(26-29-22)18-8-6-7-17(13-18)19-14-30-15(3)24-19/h6-11,13-14H,4-5,12H2,1-3H3. The van der Waals surface area contributed by atoms with Gasteiger partial charge < -0.3 is 14.0 Å².